The van der Waals surface area contributed by atoms with Gasteiger partial charge >= 0.3 is 0 Å². The summed E-state index contributed by atoms with van der Waals surface area (Å²) in [6, 6.07) is 11.4. The molecule has 5 atom stereocenters. The number of rotatable bonds is 8. The fourth-order valence-corrected chi connectivity index (χ4v) is 7.85. The molecule has 4 rings (SSSR count). The summed E-state index contributed by atoms with van der Waals surface area (Å²) < 4.78 is 46.1. The third-order valence-electron chi connectivity index (χ3n) is 7.12. The maximum absolute atomic E-state index is 14.1. The molecular weight excluding hydrogens is 476 g/mol. The van der Waals surface area contributed by atoms with Crippen LogP contribution in [0.1, 0.15) is 30.9 Å². The number of benzene rings is 2. The molecule has 2 aliphatic rings. The van der Waals surface area contributed by atoms with Gasteiger partial charge in [0.05, 0.1) is 25.7 Å². The van der Waals surface area contributed by atoms with Crippen LogP contribution >= 0.6 is 0 Å². The lowest BCUT2D eigenvalue weighted by atomic mass is 9.86. The van der Waals surface area contributed by atoms with Crippen LogP contribution in [0.3, 0.4) is 0 Å². The van der Waals surface area contributed by atoms with Crippen molar-refractivity contribution in [1.82, 2.24) is 4.31 Å². The Kier molecular flexibility index (Phi) is 6.25. The van der Waals surface area contributed by atoms with Gasteiger partial charge in [0.25, 0.3) is 0 Å². The fraction of sp³-hybridized carbons (Fsp3) is 0.458. The zero-order chi connectivity index (χ0) is 25.8. The van der Waals surface area contributed by atoms with Crippen LogP contribution in [0, 0.1) is 5.92 Å². The molecule has 1 aliphatic carbocycles. The maximum Gasteiger partial charge on any atom is 0.248 e. The van der Waals surface area contributed by atoms with Crippen LogP contribution in [0.4, 0.5) is 0 Å². The first-order valence-electron chi connectivity index (χ1n) is 11.3. The first kappa shape index (κ1) is 25.2. The molecule has 1 amide bonds. The lowest BCUT2D eigenvalue weighted by Crippen LogP contribution is -2.64. The average molecular weight is 507 g/mol. The van der Waals surface area contributed by atoms with E-state index in [0.29, 0.717) is 11.3 Å². The normalized spacial score (nSPS) is 29.4. The molecule has 0 saturated heterocycles. The number of carbonyl (C=O) groups excluding carboxylic acids is 1. The van der Waals surface area contributed by atoms with Gasteiger partial charge in [-0.1, -0.05) is 44.2 Å². The van der Waals surface area contributed by atoms with E-state index < -0.39 is 44.4 Å². The van der Waals surface area contributed by atoms with Gasteiger partial charge in [0.2, 0.25) is 20.9 Å². The lowest BCUT2D eigenvalue weighted by molar-refractivity contribution is -0.142. The van der Waals surface area contributed by atoms with Crippen LogP contribution in [0.2, 0.25) is 0 Å². The monoisotopic (exact) mass is 506 g/mol. The molecule has 10 nitrogen and oxygen atoms in total. The summed E-state index contributed by atoms with van der Waals surface area (Å²) in [7, 11) is -1.99. The number of methoxy groups -OCH3 is 2. The van der Waals surface area contributed by atoms with Crippen molar-refractivity contribution in [2.24, 2.45) is 11.7 Å². The van der Waals surface area contributed by atoms with E-state index in [1.807, 2.05) is 0 Å². The van der Waals surface area contributed by atoms with Gasteiger partial charge in [0.1, 0.15) is 23.4 Å². The number of carbonyl (C=O) groups is 1. The van der Waals surface area contributed by atoms with E-state index in [-0.39, 0.29) is 30.2 Å². The first-order valence-corrected chi connectivity index (χ1v) is 12.7. The molecule has 4 N–H and O–H groups in total. The quantitative estimate of drug-likeness (QED) is 0.478. The summed E-state index contributed by atoms with van der Waals surface area (Å²) in [4.78, 5) is 9.88. The summed E-state index contributed by atoms with van der Waals surface area (Å²) in [5.74, 6) is -3.48. The minimum absolute atomic E-state index is 0.00314. The fourth-order valence-electron chi connectivity index (χ4n) is 5.58. The highest BCUT2D eigenvalue weighted by Gasteiger charge is 2.81. The first-order chi connectivity index (χ1) is 16.5. The third-order valence-corrected chi connectivity index (χ3v) is 9.67. The van der Waals surface area contributed by atoms with Crippen molar-refractivity contribution in [3.05, 3.63) is 53.6 Å². The molecule has 0 aromatic heterocycles. The van der Waals surface area contributed by atoms with E-state index in [0.717, 1.165) is 4.31 Å². The molecule has 0 radical (unpaired) electrons. The highest BCUT2D eigenvalue weighted by molar-refractivity contribution is 7.90. The van der Waals surface area contributed by atoms with E-state index in [9.17, 15) is 23.4 Å². The Morgan fingerprint density at radius 2 is 1.74 bits per heavy atom. The number of fused-ring (bicyclic) bond motifs is 3. The van der Waals surface area contributed by atoms with Gasteiger partial charge in [0.15, 0.2) is 5.60 Å². The van der Waals surface area contributed by atoms with E-state index in [1.165, 1.54) is 26.4 Å². The lowest BCUT2D eigenvalue weighted by Gasteiger charge is -2.41. The molecule has 0 spiro atoms. The van der Waals surface area contributed by atoms with Gasteiger partial charge in [-0.15, -0.1) is 0 Å². The molecule has 190 valence electrons. The van der Waals surface area contributed by atoms with Crippen LogP contribution in [-0.2, 0) is 20.4 Å². The van der Waals surface area contributed by atoms with Gasteiger partial charge in [-0.25, -0.2) is 8.42 Å². The molecule has 1 heterocycles. The van der Waals surface area contributed by atoms with Gasteiger partial charge in [0, 0.05) is 31.1 Å². The Balaban J connectivity index is 2.12. The molecular formula is C24H30N2O8S. The van der Waals surface area contributed by atoms with Crippen LogP contribution in [0.25, 0.3) is 0 Å². The topological polar surface area (TPSA) is 149 Å². The van der Waals surface area contributed by atoms with E-state index in [2.05, 4.69) is 0 Å². The molecule has 1 saturated carbocycles. The Morgan fingerprint density at radius 3 is 2.26 bits per heavy atom. The van der Waals surface area contributed by atoms with Crippen LogP contribution in [0.15, 0.2) is 42.5 Å². The summed E-state index contributed by atoms with van der Waals surface area (Å²) >= 11 is 0. The van der Waals surface area contributed by atoms with Crippen molar-refractivity contribution in [3.8, 4) is 17.2 Å². The molecule has 1 aliphatic heterocycles. The van der Waals surface area contributed by atoms with Crippen molar-refractivity contribution in [2.45, 2.75) is 36.4 Å². The number of ether oxygens (including phenoxy) is 3. The molecule has 0 bridgehead atoms. The molecule has 2 aromatic carbocycles. The third kappa shape index (κ3) is 3.18. The second-order valence-corrected chi connectivity index (χ2v) is 10.7. The summed E-state index contributed by atoms with van der Waals surface area (Å²) in [6.07, 6.45) is -1.38. The maximum atomic E-state index is 14.1. The van der Waals surface area contributed by atoms with Crippen molar-refractivity contribution < 1.29 is 37.6 Å². The molecule has 11 heteroatoms. The zero-order valence-corrected chi connectivity index (χ0v) is 20.8. The number of nitrogens with zero attached hydrogens (tertiary/aromatic N) is 1. The van der Waals surface area contributed by atoms with E-state index in [4.69, 9.17) is 19.9 Å². The Morgan fingerprint density at radius 1 is 1.11 bits per heavy atom. The number of hydrogen-bond acceptors (Lipinski definition) is 8. The number of amides is 1. The van der Waals surface area contributed by atoms with Gasteiger partial charge in [-0.3, -0.25) is 4.79 Å². The number of hydrogen-bond donors (Lipinski definition) is 3. The predicted molar refractivity (Wildman–Crippen MR) is 127 cm³/mol. The summed E-state index contributed by atoms with van der Waals surface area (Å²) in [6.45, 7) is 3.19. The highest BCUT2D eigenvalue weighted by Crippen LogP contribution is 2.66. The van der Waals surface area contributed by atoms with Crippen LogP contribution in [-0.4, -0.2) is 67.2 Å². The van der Waals surface area contributed by atoms with Crippen molar-refractivity contribution in [3.63, 3.8) is 0 Å². The summed E-state index contributed by atoms with van der Waals surface area (Å²) in [5, 5.41) is 24.7. The number of sulfonamides is 1. The minimum Gasteiger partial charge on any atom is -0.496 e. The van der Waals surface area contributed by atoms with Gasteiger partial charge in [-0.05, 0) is 5.56 Å². The van der Waals surface area contributed by atoms with E-state index >= 15 is 0 Å². The van der Waals surface area contributed by atoms with Crippen LogP contribution in [0.5, 0.6) is 17.2 Å². The molecule has 5 unspecified atom stereocenters. The largest absolute Gasteiger partial charge is 0.496 e. The molecule has 2 aromatic rings. The Labute approximate surface area is 204 Å². The second-order valence-electron chi connectivity index (χ2n) is 8.61. The highest BCUT2D eigenvalue weighted by atomic mass is 32.2. The van der Waals surface area contributed by atoms with Crippen molar-refractivity contribution in [1.29, 1.82) is 0 Å². The van der Waals surface area contributed by atoms with Gasteiger partial charge < -0.3 is 30.2 Å². The second kappa shape index (κ2) is 8.66. The van der Waals surface area contributed by atoms with Gasteiger partial charge in [-0.2, -0.15) is 4.31 Å². The van der Waals surface area contributed by atoms with Crippen molar-refractivity contribution >= 4 is 15.9 Å². The number of nitrogens with two attached hydrogens (primary N) is 1. The standard InChI is InChI=1S/C24H30N2O8S/c1-5-26(6-2)35(30,31)24(29)20(22(25)27)18(14-10-8-7-9-11-14)21-23(24,28)19-16(33-4)12-15(32-3)13-17(19)34-21/h7-13,18,20-21,28-29H,5-6H2,1-4H3,(H2,25,27). The zero-order valence-electron chi connectivity index (χ0n) is 20.0. The average Bonchev–Trinajstić information content (AvgIpc) is 3.25. The minimum atomic E-state index is -4.76. The SMILES string of the molecule is CCN(CC)S(=O)(=O)C1(O)C(C(N)=O)C(c2ccccc2)C2Oc3cc(OC)cc(OC)c3C21O. The van der Waals surface area contributed by atoms with E-state index in [1.54, 1.807) is 44.2 Å². The summed E-state index contributed by atoms with van der Waals surface area (Å²) in [5.41, 5.74) is 3.56. The number of aliphatic hydroxyl groups is 2. The molecule has 35 heavy (non-hydrogen) atoms. The number of primary amides is 1. The molecule has 1 fully saturated rings. The van der Waals surface area contributed by atoms with Crippen LogP contribution < -0.4 is 19.9 Å². The Hall–Kier alpha value is -2.86. The predicted octanol–water partition coefficient (Wildman–Crippen LogP) is 0.912. The van der Waals surface area contributed by atoms with Crippen molar-refractivity contribution in [2.75, 3.05) is 27.3 Å². The smallest absolute Gasteiger partial charge is 0.248 e. The Bertz CT molecular complexity index is 1230.